The SMILES string of the molecule is [CH2]Sc1nc2ccccc2c(=O)n1Cc1ccco1. The largest absolute Gasteiger partial charge is 0.467 e. The molecule has 0 spiro atoms. The van der Waals surface area contributed by atoms with Gasteiger partial charge in [0, 0.05) is 6.26 Å². The maximum atomic E-state index is 12.5. The van der Waals surface area contributed by atoms with Crippen LogP contribution in [0.3, 0.4) is 0 Å². The molecule has 0 bridgehead atoms. The summed E-state index contributed by atoms with van der Waals surface area (Å²) in [7, 11) is 0. The Bertz CT molecular complexity index is 763. The van der Waals surface area contributed by atoms with Crippen LogP contribution in [0.5, 0.6) is 0 Å². The third-order valence-corrected chi connectivity index (χ3v) is 3.42. The van der Waals surface area contributed by atoms with Gasteiger partial charge in [-0.1, -0.05) is 23.9 Å². The van der Waals surface area contributed by atoms with E-state index in [1.165, 1.54) is 11.8 Å². The van der Waals surface area contributed by atoms with Crippen LogP contribution in [0, 0.1) is 6.26 Å². The number of para-hydroxylation sites is 1. The summed E-state index contributed by atoms with van der Waals surface area (Å²) in [6.07, 6.45) is 5.35. The molecule has 0 saturated carbocycles. The lowest BCUT2D eigenvalue weighted by molar-refractivity contribution is 0.477. The molecule has 0 N–H and O–H groups in total. The number of fused-ring (bicyclic) bond motifs is 1. The Labute approximate surface area is 114 Å². The average Bonchev–Trinajstić information content (AvgIpc) is 2.95. The average molecular weight is 271 g/mol. The molecule has 1 radical (unpaired) electrons. The van der Waals surface area contributed by atoms with Gasteiger partial charge in [-0.25, -0.2) is 4.98 Å². The smallest absolute Gasteiger partial charge is 0.262 e. The molecule has 2 aromatic heterocycles. The van der Waals surface area contributed by atoms with Crippen LogP contribution >= 0.6 is 11.8 Å². The van der Waals surface area contributed by atoms with Crippen LogP contribution in [0.1, 0.15) is 5.76 Å². The van der Waals surface area contributed by atoms with Crippen molar-refractivity contribution in [1.29, 1.82) is 0 Å². The van der Waals surface area contributed by atoms with Gasteiger partial charge in [-0.15, -0.1) is 0 Å². The molecular formula is C14H11N2O2S. The van der Waals surface area contributed by atoms with Crippen molar-refractivity contribution in [2.24, 2.45) is 0 Å². The normalized spacial score (nSPS) is 11.0. The van der Waals surface area contributed by atoms with Crippen molar-refractivity contribution in [3.8, 4) is 0 Å². The standard InChI is InChI=1S/C14H11N2O2S/c1-19-14-15-12-7-3-2-6-11(12)13(17)16(14)9-10-5-4-8-18-10/h2-8H,1,9H2. The van der Waals surface area contributed by atoms with E-state index in [2.05, 4.69) is 11.2 Å². The highest BCUT2D eigenvalue weighted by atomic mass is 32.2. The second-order valence-corrected chi connectivity index (χ2v) is 4.68. The quantitative estimate of drug-likeness (QED) is 0.543. The molecule has 5 heteroatoms. The molecule has 4 nitrogen and oxygen atoms in total. The summed E-state index contributed by atoms with van der Waals surface area (Å²) >= 11 is 1.21. The Morgan fingerprint density at radius 3 is 2.84 bits per heavy atom. The molecule has 0 atom stereocenters. The molecule has 3 rings (SSSR count). The maximum absolute atomic E-state index is 12.5. The number of hydrogen-bond donors (Lipinski definition) is 0. The van der Waals surface area contributed by atoms with Crippen LogP contribution in [-0.4, -0.2) is 9.55 Å². The van der Waals surface area contributed by atoms with Crippen molar-refractivity contribution >= 4 is 22.7 Å². The molecule has 0 aliphatic heterocycles. The molecular weight excluding hydrogens is 260 g/mol. The van der Waals surface area contributed by atoms with E-state index < -0.39 is 0 Å². The minimum absolute atomic E-state index is 0.0758. The van der Waals surface area contributed by atoms with Crippen molar-refractivity contribution in [1.82, 2.24) is 9.55 Å². The summed E-state index contributed by atoms with van der Waals surface area (Å²) in [6, 6.07) is 10.9. The van der Waals surface area contributed by atoms with E-state index in [1.807, 2.05) is 24.3 Å². The van der Waals surface area contributed by atoms with Crippen LogP contribution in [0.15, 0.2) is 57.0 Å². The highest BCUT2D eigenvalue weighted by Crippen LogP contribution is 2.17. The first-order chi connectivity index (χ1) is 9.29. The van der Waals surface area contributed by atoms with Gasteiger partial charge in [-0.2, -0.15) is 0 Å². The van der Waals surface area contributed by atoms with Gasteiger partial charge in [0.2, 0.25) is 0 Å². The van der Waals surface area contributed by atoms with Gasteiger partial charge in [0.25, 0.3) is 5.56 Å². The summed E-state index contributed by atoms with van der Waals surface area (Å²) < 4.78 is 6.87. The lowest BCUT2D eigenvalue weighted by Crippen LogP contribution is -2.23. The molecule has 0 amide bonds. The monoisotopic (exact) mass is 271 g/mol. The molecule has 0 saturated heterocycles. The second kappa shape index (κ2) is 4.93. The van der Waals surface area contributed by atoms with Crippen molar-refractivity contribution in [2.45, 2.75) is 11.7 Å². The number of aromatic nitrogens is 2. The Morgan fingerprint density at radius 2 is 2.11 bits per heavy atom. The van der Waals surface area contributed by atoms with Gasteiger partial charge in [-0.05, 0) is 24.3 Å². The number of nitrogens with zero attached hydrogens (tertiary/aromatic N) is 2. The fourth-order valence-electron chi connectivity index (χ4n) is 1.96. The van der Waals surface area contributed by atoms with Crippen LogP contribution < -0.4 is 5.56 Å². The predicted octanol–water partition coefficient (Wildman–Crippen LogP) is 2.92. The number of thioether (sulfide) groups is 1. The van der Waals surface area contributed by atoms with Crippen LogP contribution in [0.25, 0.3) is 10.9 Å². The van der Waals surface area contributed by atoms with Crippen molar-refractivity contribution in [3.63, 3.8) is 0 Å². The molecule has 1 aromatic carbocycles. The van der Waals surface area contributed by atoms with E-state index in [4.69, 9.17) is 4.42 Å². The van der Waals surface area contributed by atoms with Gasteiger partial charge < -0.3 is 4.42 Å². The molecule has 19 heavy (non-hydrogen) atoms. The summed E-state index contributed by atoms with van der Waals surface area (Å²) in [5.74, 6) is 0.717. The highest BCUT2D eigenvalue weighted by molar-refractivity contribution is 8.00. The number of benzene rings is 1. The molecule has 0 aliphatic carbocycles. The Balaban J connectivity index is 2.21. The summed E-state index contributed by atoms with van der Waals surface area (Å²) in [5.41, 5.74) is 0.613. The third kappa shape index (κ3) is 2.17. The van der Waals surface area contributed by atoms with E-state index in [0.29, 0.717) is 22.6 Å². The van der Waals surface area contributed by atoms with Crippen LogP contribution in [0.2, 0.25) is 0 Å². The zero-order chi connectivity index (χ0) is 13.2. The lowest BCUT2D eigenvalue weighted by Gasteiger charge is -2.10. The van der Waals surface area contributed by atoms with Crippen LogP contribution in [-0.2, 0) is 6.54 Å². The van der Waals surface area contributed by atoms with Gasteiger partial charge >= 0.3 is 0 Å². The summed E-state index contributed by atoms with van der Waals surface area (Å²) in [4.78, 5) is 16.9. The maximum Gasteiger partial charge on any atom is 0.262 e. The first kappa shape index (κ1) is 12.0. The molecule has 95 valence electrons. The van der Waals surface area contributed by atoms with E-state index in [1.54, 1.807) is 23.0 Å². The van der Waals surface area contributed by atoms with E-state index in [9.17, 15) is 4.79 Å². The molecule has 0 unspecified atom stereocenters. The predicted molar refractivity (Wildman–Crippen MR) is 75.0 cm³/mol. The summed E-state index contributed by atoms with van der Waals surface area (Å²) in [5, 5.41) is 1.19. The third-order valence-electron chi connectivity index (χ3n) is 2.85. The van der Waals surface area contributed by atoms with E-state index >= 15 is 0 Å². The van der Waals surface area contributed by atoms with Gasteiger partial charge in [0.05, 0.1) is 23.7 Å². The molecule has 2 heterocycles. The number of furan rings is 1. The Morgan fingerprint density at radius 1 is 1.26 bits per heavy atom. The van der Waals surface area contributed by atoms with E-state index in [0.717, 1.165) is 5.76 Å². The molecule has 0 fully saturated rings. The fraction of sp³-hybridized carbons (Fsp3) is 0.0714. The topological polar surface area (TPSA) is 48.0 Å². The van der Waals surface area contributed by atoms with Gasteiger partial charge in [-0.3, -0.25) is 9.36 Å². The van der Waals surface area contributed by atoms with Crippen molar-refractivity contribution in [2.75, 3.05) is 0 Å². The molecule has 0 aliphatic rings. The Hall–Kier alpha value is -2.01. The molecule has 3 aromatic rings. The zero-order valence-electron chi connectivity index (χ0n) is 10.1. The van der Waals surface area contributed by atoms with Gasteiger partial charge in [0.15, 0.2) is 5.16 Å². The van der Waals surface area contributed by atoms with Crippen molar-refractivity contribution < 1.29 is 4.42 Å². The number of rotatable bonds is 3. The highest BCUT2D eigenvalue weighted by Gasteiger charge is 2.11. The van der Waals surface area contributed by atoms with Crippen molar-refractivity contribution in [3.05, 3.63) is 65.0 Å². The van der Waals surface area contributed by atoms with Crippen LogP contribution in [0.4, 0.5) is 0 Å². The summed E-state index contributed by atoms with van der Waals surface area (Å²) in [6.45, 7) is 0.363. The first-order valence-corrected chi connectivity index (χ1v) is 6.72. The number of hydrogen-bond acceptors (Lipinski definition) is 4. The fourth-order valence-corrected chi connectivity index (χ4v) is 2.42. The second-order valence-electron chi connectivity index (χ2n) is 4.03. The first-order valence-electron chi connectivity index (χ1n) is 5.73. The Kier molecular flexibility index (Phi) is 3.13. The van der Waals surface area contributed by atoms with E-state index in [-0.39, 0.29) is 5.56 Å². The van der Waals surface area contributed by atoms with Gasteiger partial charge in [0.1, 0.15) is 5.76 Å². The lowest BCUT2D eigenvalue weighted by atomic mass is 10.2. The zero-order valence-corrected chi connectivity index (χ0v) is 10.9. The minimum atomic E-state index is -0.0758. The minimum Gasteiger partial charge on any atom is -0.467 e.